The number of benzene rings is 2. The maximum absolute atomic E-state index is 13.0. The van der Waals surface area contributed by atoms with E-state index in [2.05, 4.69) is 4.72 Å². The van der Waals surface area contributed by atoms with E-state index < -0.39 is 15.4 Å². The molecule has 29 heavy (non-hydrogen) atoms. The number of rotatable bonds is 5. The average Bonchev–Trinajstić information content (AvgIpc) is 3.04. The van der Waals surface area contributed by atoms with Crippen LogP contribution in [-0.4, -0.2) is 27.5 Å². The maximum atomic E-state index is 13.0. The fourth-order valence-corrected chi connectivity index (χ4v) is 4.67. The highest BCUT2D eigenvalue weighted by Gasteiger charge is 2.32. The average molecular weight is 417 g/mol. The van der Waals surface area contributed by atoms with E-state index in [4.69, 9.17) is 4.74 Å². The highest BCUT2D eigenvalue weighted by atomic mass is 32.2. The van der Waals surface area contributed by atoms with Crippen LogP contribution in [-0.2, 0) is 21.2 Å². The van der Waals surface area contributed by atoms with Gasteiger partial charge in [-0.15, -0.1) is 0 Å². The van der Waals surface area contributed by atoms with Crippen molar-refractivity contribution in [3.8, 4) is 5.75 Å². The fourth-order valence-electron chi connectivity index (χ4n) is 3.39. The Kier molecular flexibility index (Phi) is 5.63. The molecule has 0 spiro atoms. The van der Waals surface area contributed by atoms with Crippen LogP contribution in [0.1, 0.15) is 38.8 Å². The van der Waals surface area contributed by atoms with Gasteiger partial charge in [-0.25, -0.2) is 8.42 Å². The molecule has 0 unspecified atom stereocenters. The molecule has 1 heterocycles. The van der Waals surface area contributed by atoms with Gasteiger partial charge < -0.3 is 9.64 Å². The zero-order valence-electron chi connectivity index (χ0n) is 17.6. The van der Waals surface area contributed by atoms with Gasteiger partial charge in [-0.05, 0) is 61.7 Å². The number of amides is 1. The maximum Gasteiger partial charge on any atom is 0.265 e. The van der Waals surface area contributed by atoms with Gasteiger partial charge in [-0.1, -0.05) is 26.8 Å². The summed E-state index contributed by atoms with van der Waals surface area (Å²) >= 11 is 0. The molecule has 7 heteroatoms. The summed E-state index contributed by atoms with van der Waals surface area (Å²) in [5.74, 6) is 0.388. The lowest BCUT2D eigenvalue weighted by Gasteiger charge is -2.26. The smallest absolute Gasteiger partial charge is 0.265 e. The van der Waals surface area contributed by atoms with Crippen LogP contribution >= 0.6 is 0 Å². The second kappa shape index (κ2) is 7.71. The van der Waals surface area contributed by atoms with Gasteiger partial charge in [0.15, 0.2) is 0 Å². The summed E-state index contributed by atoms with van der Waals surface area (Å²) < 4.78 is 34.1. The lowest BCUT2D eigenvalue weighted by atomic mass is 9.94. The Hall–Kier alpha value is -2.54. The monoisotopic (exact) mass is 416 g/mol. The third kappa shape index (κ3) is 4.40. The van der Waals surface area contributed by atoms with Gasteiger partial charge in [0.2, 0.25) is 5.91 Å². The molecular formula is C22H28N2O4S. The van der Waals surface area contributed by atoms with Crippen LogP contribution in [0.3, 0.4) is 0 Å². The minimum atomic E-state index is -3.81. The van der Waals surface area contributed by atoms with E-state index in [9.17, 15) is 13.2 Å². The predicted octanol–water partition coefficient (Wildman–Crippen LogP) is 4.13. The number of hydrogen-bond acceptors (Lipinski definition) is 4. The van der Waals surface area contributed by atoms with Crippen molar-refractivity contribution in [3.05, 3.63) is 47.5 Å². The van der Waals surface area contributed by atoms with E-state index >= 15 is 0 Å². The first-order chi connectivity index (χ1) is 13.5. The van der Waals surface area contributed by atoms with Crippen molar-refractivity contribution in [1.82, 2.24) is 0 Å². The number of ether oxygens (including phenoxy) is 1. The van der Waals surface area contributed by atoms with Crippen molar-refractivity contribution in [3.63, 3.8) is 0 Å². The number of hydrogen-bond donors (Lipinski definition) is 1. The van der Waals surface area contributed by atoms with E-state index in [-0.39, 0.29) is 10.8 Å². The summed E-state index contributed by atoms with van der Waals surface area (Å²) in [6.07, 6.45) is 0.696. The molecule has 6 nitrogen and oxygen atoms in total. The molecule has 2 aromatic rings. The van der Waals surface area contributed by atoms with Crippen LogP contribution in [0, 0.1) is 12.3 Å². The van der Waals surface area contributed by atoms with Crippen molar-refractivity contribution in [2.45, 2.75) is 45.9 Å². The minimum Gasteiger partial charge on any atom is -0.492 e. The molecule has 0 aliphatic carbocycles. The topological polar surface area (TPSA) is 75.7 Å². The van der Waals surface area contributed by atoms with E-state index in [0.29, 0.717) is 31.0 Å². The Bertz CT molecular complexity index is 1040. The van der Waals surface area contributed by atoms with Gasteiger partial charge in [0.05, 0.1) is 6.61 Å². The second-order valence-electron chi connectivity index (χ2n) is 8.29. The lowest BCUT2D eigenvalue weighted by molar-refractivity contribution is -0.125. The molecule has 0 saturated carbocycles. The van der Waals surface area contributed by atoms with Gasteiger partial charge in [0.1, 0.15) is 10.6 Å². The summed E-state index contributed by atoms with van der Waals surface area (Å²) in [5.41, 5.74) is 2.63. The number of carbonyl (C=O) groups excluding carboxylic acids is 1. The Morgan fingerprint density at radius 3 is 2.55 bits per heavy atom. The Balaban J connectivity index is 1.89. The number of carbonyl (C=O) groups is 1. The molecule has 0 fully saturated rings. The Labute approximate surface area is 172 Å². The standard InChI is InChI=1S/C22H28N2O4S/c1-6-28-19-10-7-15(2)13-20(19)29(26,27)23-17-8-9-18-16(14-17)11-12-24(18)21(25)22(3,4)5/h7-10,13-14,23H,6,11-12H2,1-5H3. The van der Waals surface area contributed by atoms with Gasteiger partial charge in [-0.3, -0.25) is 9.52 Å². The molecule has 0 radical (unpaired) electrons. The number of aryl methyl sites for hydroxylation is 1. The number of fused-ring (bicyclic) bond motifs is 1. The van der Waals surface area contributed by atoms with Gasteiger partial charge in [-0.2, -0.15) is 0 Å². The van der Waals surface area contributed by atoms with Crippen molar-refractivity contribution >= 4 is 27.3 Å². The molecule has 2 aromatic carbocycles. The van der Waals surface area contributed by atoms with Crippen LogP contribution in [0.4, 0.5) is 11.4 Å². The van der Waals surface area contributed by atoms with Crippen LogP contribution in [0.5, 0.6) is 5.75 Å². The van der Waals surface area contributed by atoms with Crippen molar-refractivity contribution in [1.29, 1.82) is 0 Å². The Morgan fingerprint density at radius 2 is 1.90 bits per heavy atom. The first-order valence-corrected chi connectivity index (χ1v) is 11.2. The molecule has 1 aliphatic rings. The number of nitrogens with one attached hydrogen (secondary N) is 1. The normalized spacial score (nSPS) is 13.9. The molecule has 0 bridgehead atoms. The van der Waals surface area contributed by atoms with E-state index in [1.54, 1.807) is 29.2 Å². The van der Waals surface area contributed by atoms with E-state index in [0.717, 1.165) is 16.8 Å². The van der Waals surface area contributed by atoms with Crippen molar-refractivity contribution in [2.24, 2.45) is 5.41 Å². The summed E-state index contributed by atoms with van der Waals surface area (Å²) in [5, 5.41) is 0. The zero-order chi connectivity index (χ0) is 21.4. The number of nitrogens with zero attached hydrogens (tertiary/aromatic N) is 1. The quantitative estimate of drug-likeness (QED) is 0.795. The highest BCUT2D eigenvalue weighted by Crippen LogP contribution is 2.35. The zero-order valence-corrected chi connectivity index (χ0v) is 18.4. The molecule has 1 N–H and O–H groups in total. The third-order valence-electron chi connectivity index (χ3n) is 4.80. The molecule has 3 rings (SSSR count). The van der Waals surface area contributed by atoms with Crippen LogP contribution < -0.4 is 14.4 Å². The van der Waals surface area contributed by atoms with Gasteiger partial charge >= 0.3 is 0 Å². The van der Waals surface area contributed by atoms with Crippen molar-refractivity contribution in [2.75, 3.05) is 22.8 Å². The summed E-state index contributed by atoms with van der Waals surface area (Å²) in [4.78, 5) is 14.6. The lowest BCUT2D eigenvalue weighted by Crippen LogP contribution is -2.38. The molecule has 0 saturated heterocycles. The first kappa shape index (κ1) is 21.2. The number of anilines is 2. The highest BCUT2D eigenvalue weighted by molar-refractivity contribution is 7.92. The minimum absolute atomic E-state index is 0.0608. The molecule has 156 valence electrons. The molecular weight excluding hydrogens is 388 g/mol. The van der Waals surface area contributed by atoms with E-state index in [1.807, 2.05) is 46.8 Å². The van der Waals surface area contributed by atoms with Crippen LogP contribution in [0.15, 0.2) is 41.3 Å². The van der Waals surface area contributed by atoms with Crippen LogP contribution in [0.2, 0.25) is 0 Å². The van der Waals surface area contributed by atoms with Gasteiger partial charge in [0, 0.05) is 23.3 Å². The summed E-state index contributed by atoms with van der Waals surface area (Å²) in [7, 11) is -3.81. The van der Waals surface area contributed by atoms with Gasteiger partial charge in [0.25, 0.3) is 10.0 Å². The second-order valence-corrected chi connectivity index (χ2v) is 9.94. The molecule has 1 amide bonds. The molecule has 0 atom stereocenters. The third-order valence-corrected chi connectivity index (χ3v) is 6.21. The predicted molar refractivity (Wildman–Crippen MR) is 115 cm³/mol. The Morgan fingerprint density at radius 1 is 1.17 bits per heavy atom. The van der Waals surface area contributed by atoms with Crippen molar-refractivity contribution < 1.29 is 17.9 Å². The number of sulfonamides is 1. The fraction of sp³-hybridized carbons (Fsp3) is 0.409. The first-order valence-electron chi connectivity index (χ1n) is 9.74. The molecule has 1 aliphatic heterocycles. The SMILES string of the molecule is CCOc1ccc(C)cc1S(=O)(=O)Nc1ccc2c(c1)CCN2C(=O)C(C)(C)C. The summed E-state index contributed by atoms with van der Waals surface area (Å²) in [6, 6.07) is 10.4. The largest absolute Gasteiger partial charge is 0.492 e. The molecule has 0 aromatic heterocycles. The van der Waals surface area contributed by atoms with E-state index in [1.165, 1.54) is 0 Å². The van der Waals surface area contributed by atoms with Crippen LogP contribution in [0.25, 0.3) is 0 Å². The summed E-state index contributed by atoms with van der Waals surface area (Å²) in [6.45, 7) is 10.3.